The van der Waals surface area contributed by atoms with E-state index in [0.717, 1.165) is 10.9 Å². The van der Waals surface area contributed by atoms with Gasteiger partial charge in [0, 0.05) is 10.4 Å². The molecule has 0 saturated carbocycles. The summed E-state index contributed by atoms with van der Waals surface area (Å²) in [4.78, 5) is 0. The van der Waals surface area contributed by atoms with Gasteiger partial charge in [0.15, 0.2) is 0 Å². The summed E-state index contributed by atoms with van der Waals surface area (Å²) in [5.41, 5.74) is 0. The molecule has 13 heavy (non-hydrogen) atoms. The molecule has 1 nitrogen and oxygen atoms in total. The Morgan fingerprint density at radius 1 is 1.38 bits per heavy atom. The van der Waals surface area contributed by atoms with Gasteiger partial charge in [0.1, 0.15) is 5.75 Å². The molecule has 72 valence electrons. The van der Waals surface area contributed by atoms with Crippen molar-refractivity contribution >= 4 is 39.1 Å². The minimum absolute atomic E-state index is 0.597. The Morgan fingerprint density at radius 3 is 2.85 bits per heavy atom. The van der Waals surface area contributed by atoms with Crippen LogP contribution in [0.15, 0.2) is 22.7 Å². The summed E-state index contributed by atoms with van der Waals surface area (Å²) in [5.74, 6) is 1.30. The molecule has 0 radical (unpaired) electrons. The van der Waals surface area contributed by atoms with Crippen LogP contribution >= 0.6 is 39.1 Å². The highest BCUT2D eigenvalue weighted by molar-refractivity contribution is 9.10. The van der Waals surface area contributed by atoms with E-state index in [9.17, 15) is 0 Å². The fourth-order valence-electron chi connectivity index (χ4n) is 0.824. The Hall–Kier alpha value is 0.0800. The predicted molar refractivity (Wildman–Crippen MR) is 60.0 cm³/mol. The zero-order valence-electron chi connectivity index (χ0n) is 6.90. The van der Waals surface area contributed by atoms with Crippen molar-refractivity contribution in [1.82, 2.24) is 0 Å². The Labute approximate surface area is 96.1 Å². The first-order valence-corrected chi connectivity index (χ1v) is 5.58. The Kier molecular flexibility index (Phi) is 4.92. The summed E-state index contributed by atoms with van der Waals surface area (Å²) < 4.78 is 6.37. The van der Waals surface area contributed by atoms with E-state index < -0.39 is 0 Å². The third-order valence-electron chi connectivity index (χ3n) is 1.43. The maximum Gasteiger partial charge on any atom is 0.139 e. The largest absolute Gasteiger partial charge is 0.492 e. The summed E-state index contributed by atoms with van der Waals surface area (Å²) >= 11 is 14.8. The first-order valence-electron chi connectivity index (χ1n) is 3.88. The number of hydrogen-bond donors (Lipinski definition) is 0. The highest BCUT2D eigenvalue weighted by Crippen LogP contribution is 2.27. The molecule has 0 amide bonds. The minimum Gasteiger partial charge on any atom is -0.492 e. The van der Waals surface area contributed by atoms with Crippen LogP contribution in [0.5, 0.6) is 5.75 Å². The summed E-state index contributed by atoms with van der Waals surface area (Å²) in [6.45, 7) is 0.597. The van der Waals surface area contributed by atoms with E-state index in [2.05, 4.69) is 15.9 Å². The summed E-state index contributed by atoms with van der Waals surface area (Å²) in [5, 5.41) is 0.623. The Balaban J connectivity index is 2.59. The van der Waals surface area contributed by atoms with E-state index >= 15 is 0 Å². The second-order valence-corrected chi connectivity index (χ2v) is 4.17. The predicted octanol–water partition coefficient (Wildman–Crippen LogP) is 4.11. The molecule has 0 aromatic heterocycles. The molecule has 0 fully saturated rings. The normalized spacial score (nSPS) is 10.1. The lowest BCUT2D eigenvalue weighted by molar-refractivity contribution is 0.318. The van der Waals surface area contributed by atoms with Crippen LogP contribution in [-0.4, -0.2) is 12.5 Å². The second-order valence-electron chi connectivity index (χ2n) is 2.47. The van der Waals surface area contributed by atoms with E-state index in [1.54, 1.807) is 6.07 Å². The van der Waals surface area contributed by atoms with Crippen LogP contribution < -0.4 is 4.74 Å². The van der Waals surface area contributed by atoms with Crippen molar-refractivity contribution in [3.63, 3.8) is 0 Å². The maximum atomic E-state index is 5.90. The van der Waals surface area contributed by atoms with E-state index in [0.29, 0.717) is 23.3 Å². The maximum absolute atomic E-state index is 5.90. The summed E-state index contributed by atoms with van der Waals surface area (Å²) in [6, 6.07) is 5.51. The topological polar surface area (TPSA) is 9.23 Å². The van der Waals surface area contributed by atoms with Crippen LogP contribution in [0.2, 0.25) is 5.02 Å². The molecular weight excluding hydrogens is 275 g/mol. The van der Waals surface area contributed by atoms with Gasteiger partial charge in [0.25, 0.3) is 0 Å². The highest BCUT2D eigenvalue weighted by atomic mass is 79.9. The number of rotatable bonds is 4. The van der Waals surface area contributed by atoms with Gasteiger partial charge < -0.3 is 4.74 Å². The van der Waals surface area contributed by atoms with Gasteiger partial charge in [-0.2, -0.15) is 0 Å². The van der Waals surface area contributed by atoms with E-state index in [4.69, 9.17) is 27.9 Å². The van der Waals surface area contributed by atoms with Crippen molar-refractivity contribution in [2.45, 2.75) is 6.42 Å². The Bertz CT molecular complexity index is 278. The lowest BCUT2D eigenvalue weighted by Crippen LogP contribution is -1.98. The van der Waals surface area contributed by atoms with Crippen LogP contribution in [0.25, 0.3) is 0 Å². The van der Waals surface area contributed by atoms with Crippen molar-refractivity contribution in [1.29, 1.82) is 0 Å². The lowest BCUT2D eigenvalue weighted by atomic mass is 10.3. The van der Waals surface area contributed by atoms with Crippen molar-refractivity contribution in [3.8, 4) is 5.75 Å². The van der Waals surface area contributed by atoms with Crippen molar-refractivity contribution in [2.75, 3.05) is 12.5 Å². The van der Waals surface area contributed by atoms with Crippen molar-refractivity contribution in [2.24, 2.45) is 0 Å². The number of halogens is 3. The Morgan fingerprint density at radius 2 is 2.15 bits per heavy atom. The van der Waals surface area contributed by atoms with E-state index in [1.165, 1.54) is 0 Å². The molecule has 0 bridgehead atoms. The van der Waals surface area contributed by atoms with Gasteiger partial charge in [-0.05, 0) is 24.6 Å². The van der Waals surface area contributed by atoms with Gasteiger partial charge in [0.05, 0.1) is 11.6 Å². The molecule has 0 N–H and O–H groups in total. The number of alkyl halides is 1. The first kappa shape index (κ1) is 11.2. The van der Waals surface area contributed by atoms with Gasteiger partial charge in [0.2, 0.25) is 0 Å². The molecule has 1 aromatic rings. The minimum atomic E-state index is 0.597. The molecule has 1 rings (SSSR count). The smallest absolute Gasteiger partial charge is 0.139 e. The molecule has 0 heterocycles. The van der Waals surface area contributed by atoms with Crippen LogP contribution in [0.1, 0.15) is 6.42 Å². The molecular formula is C9H9BrCl2O. The van der Waals surface area contributed by atoms with Gasteiger partial charge in [-0.1, -0.05) is 27.5 Å². The fraction of sp³-hybridized carbons (Fsp3) is 0.333. The lowest BCUT2D eigenvalue weighted by Gasteiger charge is -2.06. The molecule has 4 heteroatoms. The van der Waals surface area contributed by atoms with Crippen LogP contribution in [0.3, 0.4) is 0 Å². The highest BCUT2D eigenvalue weighted by Gasteiger charge is 2.01. The van der Waals surface area contributed by atoms with Gasteiger partial charge in [-0.15, -0.1) is 11.6 Å². The summed E-state index contributed by atoms with van der Waals surface area (Å²) in [7, 11) is 0. The second kappa shape index (κ2) is 5.74. The third kappa shape index (κ3) is 3.75. The molecule has 0 saturated heterocycles. The van der Waals surface area contributed by atoms with Gasteiger partial charge in [-0.3, -0.25) is 0 Å². The summed E-state index contributed by atoms with van der Waals surface area (Å²) in [6.07, 6.45) is 0.824. The number of benzene rings is 1. The number of hydrogen-bond acceptors (Lipinski definition) is 1. The molecule has 0 aliphatic carbocycles. The van der Waals surface area contributed by atoms with Crippen LogP contribution in [0, 0.1) is 0 Å². The van der Waals surface area contributed by atoms with Crippen molar-refractivity contribution in [3.05, 3.63) is 27.7 Å². The average molecular weight is 284 g/mol. The van der Waals surface area contributed by atoms with Crippen LogP contribution in [0.4, 0.5) is 0 Å². The van der Waals surface area contributed by atoms with Gasteiger partial charge >= 0.3 is 0 Å². The SMILES string of the molecule is ClCCCOc1cc(Br)ccc1Cl. The zero-order chi connectivity index (χ0) is 9.68. The molecule has 0 unspecified atom stereocenters. The number of ether oxygens (including phenoxy) is 1. The zero-order valence-corrected chi connectivity index (χ0v) is 9.99. The quantitative estimate of drug-likeness (QED) is 0.597. The first-order chi connectivity index (χ1) is 6.24. The monoisotopic (exact) mass is 282 g/mol. The molecule has 0 spiro atoms. The fourth-order valence-corrected chi connectivity index (χ4v) is 1.45. The third-order valence-corrected chi connectivity index (χ3v) is 2.50. The van der Waals surface area contributed by atoms with Crippen LogP contribution in [-0.2, 0) is 0 Å². The van der Waals surface area contributed by atoms with E-state index in [-0.39, 0.29) is 0 Å². The molecule has 1 aromatic carbocycles. The van der Waals surface area contributed by atoms with E-state index in [1.807, 2.05) is 12.1 Å². The molecule has 0 atom stereocenters. The van der Waals surface area contributed by atoms with Crippen molar-refractivity contribution < 1.29 is 4.74 Å². The molecule has 0 aliphatic rings. The molecule has 0 aliphatic heterocycles. The standard InChI is InChI=1S/C9H9BrCl2O/c10-7-2-3-8(12)9(6-7)13-5-1-4-11/h2-3,6H,1,4-5H2. The van der Waals surface area contributed by atoms with Gasteiger partial charge in [-0.25, -0.2) is 0 Å². The average Bonchev–Trinajstić information content (AvgIpc) is 2.11.